The van der Waals surface area contributed by atoms with E-state index in [1.165, 1.54) is 15.6 Å². The molecule has 8 heteroatoms. The number of hydrogen-bond donors (Lipinski definition) is 2. The third kappa shape index (κ3) is 2.07. The van der Waals surface area contributed by atoms with Crippen LogP contribution in [0.15, 0.2) is 35.3 Å². The number of rotatable bonds is 2. The molecule has 24 heavy (non-hydrogen) atoms. The number of para-hydroxylation sites is 1. The van der Waals surface area contributed by atoms with Gasteiger partial charge in [-0.15, -0.1) is 0 Å². The number of nitrogens with one attached hydrogen (secondary N) is 1. The maximum absolute atomic E-state index is 12.7. The number of aromatic nitrogens is 3. The van der Waals surface area contributed by atoms with Gasteiger partial charge in [0, 0.05) is 13.1 Å². The fourth-order valence-electron chi connectivity index (χ4n) is 3.15. The van der Waals surface area contributed by atoms with Gasteiger partial charge in [-0.25, -0.2) is 4.52 Å². The number of nitrogens with zero attached hydrogens (tertiary/aromatic N) is 3. The van der Waals surface area contributed by atoms with Crippen molar-refractivity contribution in [1.82, 2.24) is 19.5 Å². The van der Waals surface area contributed by atoms with E-state index in [4.69, 9.17) is 5.11 Å². The first-order chi connectivity index (χ1) is 11.6. The van der Waals surface area contributed by atoms with Gasteiger partial charge in [-0.05, 0) is 18.6 Å². The first-order valence-electron chi connectivity index (χ1n) is 7.57. The number of likely N-dealkylation sites (tertiary alicyclic amines) is 1. The van der Waals surface area contributed by atoms with Crippen molar-refractivity contribution in [3.8, 4) is 0 Å². The summed E-state index contributed by atoms with van der Waals surface area (Å²) in [5.74, 6) is -1.76. The maximum Gasteiger partial charge on any atom is 0.308 e. The van der Waals surface area contributed by atoms with Crippen LogP contribution in [-0.2, 0) is 4.79 Å². The van der Waals surface area contributed by atoms with E-state index in [1.54, 1.807) is 24.3 Å². The molecule has 0 spiro atoms. The average molecular weight is 326 g/mol. The molecule has 2 N–H and O–H groups in total. The summed E-state index contributed by atoms with van der Waals surface area (Å²) in [5.41, 5.74) is 0.906. The predicted molar refractivity (Wildman–Crippen MR) is 85.0 cm³/mol. The Kier molecular flexibility index (Phi) is 3.12. The lowest BCUT2D eigenvalue weighted by atomic mass is 10.1. The van der Waals surface area contributed by atoms with Gasteiger partial charge in [-0.2, -0.15) is 5.10 Å². The van der Waals surface area contributed by atoms with Gasteiger partial charge in [-0.3, -0.25) is 14.4 Å². The Morgan fingerprint density at radius 1 is 1.29 bits per heavy atom. The molecule has 1 saturated heterocycles. The van der Waals surface area contributed by atoms with Crippen LogP contribution in [0.1, 0.15) is 16.8 Å². The number of carbonyl (C=O) groups is 2. The van der Waals surface area contributed by atoms with Gasteiger partial charge in [0.2, 0.25) is 0 Å². The molecule has 1 amide bonds. The second kappa shape index (κ2) is 5.19. The lowest BCUT2D eigenvalue weighted by molar-refractivity contribution is -0.141. The molecular formula is C16H14N4O4. The number of aromatic amines is 1. The molecule has 0 bridgehead atoms. The quantitative estimate of drug-likeness (QED) is 0.721. The first kappa shape index (κ1) is 14.4. The Bertz CT molecular complexity index is 1040. The zero-order chi connectivity index (χ0) is 16.8. The van der Waals surface area contributed by atoms with Gasteiger partial charge < -0.3 is 15.0 Å². The second-order valence-electron chi connectivity index (χ2n) is 5.86. The van der Waals surface area contributed by atoms with Crippen molar-refractivity contribution in [2.24, 2.45) is 5.92 Å². The third-order valence-electron chi connectivity index (χ3n) is 4.43. The number of H-pyrrole nitrogens is 1. The van der Waals surface area contributed by atoms with Gasteiger partial charge in [-0.1, -0.05) is 12.1 Å². The van der Waals surface area contributed by atoms with E-state index in [1.807, 2.05) is 0 Å². The molecule has 0 aliphatic carbocycles. The number of carboxylic acid groups (broad SMARTS) is 1. The van der Waals surface area contributed by atoms with Crippen LogP contribution in [0, 0.1) is 5.92 Å². The smallest absolute Gasteiger partial charge is 0.308 e. The second-order valence-corrected chi connectivity index (χ2v) is 5.86. The Labute approximate surface area is 135 Å². The number of fused-ring (bicyclic) bond motifs is 3. The van der Waals surface area contributed by atoms with Gasteiger partial charge in [0.05, 0.1) is 23.0 Å². The molecule has 3 heterocycles. The number of benzene rings is 1. The van der Waals surface area contributed by atoms with Crippen molar-refractivity contribution in [3.05, 3.63) is 46.4 Å². The van der Waals surface area contributed by atoms with Crippen LogP contribution in [0.5, 0.6) is 0 Å². The highest BCUT2D eigenvalue weighted by Crippen LogP contribution is 2.21. The number of carbonyl (C=O) groups excluding carboxylic acids is 1. The molecule has 8 nitrogen and oxygen atoms in total. The molecule has 1 atom stereocenters. The molecule has 1 aliphatic heterocycles. The lowest BCUT2D eigenvalue weighted by Crippen LogP contribution is -2.30. The fourth-order valence-corrected chi connectivity index (χ4v) is 3.15. The predicted octanol–water partition coefficient (Wildman–Crippen LogP) is 0.722. The minimum atomic E-state index is -0.899. The van der Waals surface area contributed by atoms with Crippen molar-refractivity contribution in [2.45, 2.75) is 6.42 Å². The van der Waals surface area contributed by atoms with E-state index in [9.17, 15) is 14.4 Å². The average Bonchev–Trinajstić information content (AvgIpc) is 3.22. The molecule has 1 unspecified atom stereocenters. The van der Waals surface area contributed by atoms with Crippen molar-refractivity contribution in [2.75, 3.05) is 13.1 Å². The Morgan fingerprint density at radius 3 is 2.83 bits per heavy atom. The van der Waals surface area contributed by atoms with Crippen LogP contribution in [0.2, 0.25) is 0 Å². The Hall–Kier alpha value is -3.16. The monoisotopic (exact) mass is 326 g/mol. The van der Waals surface area contributed by atoms with Gasteiger partial charge in [0.15, 0.2) is 0 Å². The maximum atomic E-state index is 12.7. The summed E-state index contributed by atoms with van der Waals surface area (Å²) in [6.07, 6.45) is 1.84. The van der Waals surface area contributed by atoms with Crippen LogP contribution in [0.4, 0.5) is 0 Å². The van der Waals surface area contributed by atoms with Crippen LogP contribution >= 0.6 is 0 Å². The molecule has 0 radical (unpaired) electrons. The molecule has 3 aromatic rings. The highest BCUT2D eigenvalue weighted by atomic mass is 16.4. The van der Waals surface area contributed by atoms with Crippen LogP contribution in [0.25, 0.3) is 16.6 Å². The molecule has 0 saturated carbocycles. The molecule has 1 fully saturated rings. The van der Waals surface area contributed by atoms with E-state index in [0.717, 1.165) is 0 Å². The summed E-state index contributed by atoms with van der Waals surface area (Å²) < 4.78 is 1.52. The number of amides is 1. The molecular weight excluding hydrogens is 312 g/mol. The SMILES string of the molecule is O=C(O)C1CCN(C(=O)c2cnn3c2[nH]c(=O)c2ccccc23)C1. The summed E-state index contributed by atoms with van der Waals surface area (Å²) >= 11 is 0. The van der Waals surface area contributed by atoms with Gasteiger partial charge in [0.25, 0.3) is 11.5 Å². The fraction of sp³-hybridized carbons (Fsp3) is 0.250. The number of aliphatic carboxylic acids is 1. The van der Waals surface area contributed by atoms with Crippen LogP contribution in [0.3, 0.4) is 0 Å². The molecule has 1 aromatic carbocycles. The van der Waals surface area contributed by atoms with Crippen molar-refractivity contribution in [1.29, 1.82) is 0 Å². The molecule has 4 rings (SSSR count). The van der Waals surface area contributed by atoms with Gasteiger partial charge in [0.1, 0.15) is 11.2 Å². The number of hydrogen-bond acceptors (Lipinski definition) is 4. The molecule has 2 aromatic heterocycles. The summed E-state index contributed by atoms with van der Waals surface area (Å²) in [6, 6.07) is 7.00. The lowest BCUT2D eigenvalue weighted by Gasteiger charge is -2.14. The van der Waals surface area contributed by atoms with E-state index >= 15 is 0 Å². The third-order valence-corrected chi connectivity index (χ3v) is 4.43. The van der Waals surface area contributed by atoms with Crippen molar-refractivity contribution < 1.29 is 14.7 Å². The molecule has 1 aliphatic rings. The van der Waals surface area contributed by atoms with Crippen LogP contribution < -0.4 is 5.56 Å². The zero-order valence-electron chi connectivity index (χ0n) is 12.6. The summed E-state index contributed by atoms with van der Waals surface area (Å²) in [6.45, 7) is 0.550. The summed E-state index contributed by atoms with van der Waals surface area (Å²) in [7, 11) is 0. The normalized spacial score (nSPS) is 17.7. The highest BCUT2D eigenvalue weighted by Gasteiger charge is 2.32. The van der Waals surface area contributed by atoms with Gasteiger partial charge >= 0.3 is 5.97 Å². The van der Waals surface area contributed by atoms with E-state index in [2.05, 4.69) is 10.1 Å². The highest BCUT2D eigenvalue weighted by molar-refractivity contribution is 6.01. The summed E-state index contributed by atoms with van der Waals surface area (Å²) in [4.78, 5) is 40.2. The van der Waals surface area contributed by atoms with Crippen molar-refractivity contribution in [3.63, 3.8) is 0 Å². The molecule has 122 valence electrons. The topological polar surface area (TPSA) is 108 Å². The minimum Gasteiger partial charge on any atom is -0.481 e. The summed E-state index contributed by atoms with van der Waals surface area (Å²) in [5, 5.41) is 13.8. The Morgan fingerprint density at radius 2 is 2.08 bits per heavy atom. The standard InChI is InChI=1S/C16H14N4O4/c21-14-10-3-1-2-4-12(10)20-13(18-14)11(7-17-20)15(22)19-6-5-9(8-19)16(23)24/h1-4,7,9H,5-6,8H2,(H,18,21)(H,23,24). The van der Waals surface area contributed by atoms with Crippen LogP contribution in [-0.4, -0.2) is 49.6 Å². The number of carboxylic acids is 1. The zero-order valence-corrected chi connectivity index (χ0v) is 12.6. The largest absolute Gasteiger partial charge is 0.481 e. The minimum absolute atomic E-state index is 0.170. The van der Waals surface area contributed by atoms with E-state index in [-0.39, 0.29) is 23.6 Å². The van der Waals surface area contributed by atoms with E-state index in [0.29, 0.717) is 29.5 Å². The Balaban J connectivity index is 1.79. The van der Waals surface area contributed by atoms with E-state index < -0.39 is 11.9 Å². The first-order valence-corrected chi connectivity index (χ1v) is 7.57. The van der Waals surface area contributed by atoms with Crippen molar-refractivity contribution >= 4 is 28.4 Å².